The molecule has 0 unspecified atom stereocenters. The smallest absolute Gasteiger partial charge is 0.416 e. The van der Waals surface area contributed by atoms with Crippen LogP contribution in [0.1, 0.15) is 29.9 Å². The van der Waals surface area contributed by atoms with Crippen LogP contribution in [0.25, 0.3) is 0 Å². The third-order valence-corrected chi connectivity index (χ3v) is 3.23. The summed E-state index contributed by atoms with van der Waals surface area (Å²) in [5.74, 6) is -1.48. The molecule has 0 spiro atoms. The average molecular weight is 261 g/mol. The molecule has 0 amide bonds. The van der Waals surface area contributed by atoms with E-state index in [0.29, 0.717) is 32.0 Å². The molecule has 1 heterocycles. The molecule has 0 saturated carbocycles. The second-order valence-corrected chi connectivity index (χ2v) is 4.45. The van der Waals surface area contributed by atoms with E-state index >= 15 is 0 Å². The van der Waals surface area contributed by atoms with Crippen LogP contribution in [0.2, 0.25) is 0 Å². The monoisotopic (exact) mass is 261 g/mol. The summed E-state index contributed by atoms with van der Waals surface area (Å²) in [7, 11) is 0. The summed E-state index contributed by atoms with van der Waals surface area (Å²) < 4.78 is 38.7. The molecule has 0 aromatic heterocycles. The molecule has 1 aliphatic rings. The second-order valence-electron chi connectivity index (χ2n) is 4.45. The quantitative estimate of drug-likeness (QED) is 0.681. The van der Waals surface area contributed by atoms with Gasteiger partial charge in [0, 0.05) is 0 Å². The van der Waals surface area contributed by atoms with Gasteiger partial charge in [-0.15, -0.1) is 0 Å². The van der Waals surface area contributed by atoms with Gasteiger partial charge in [0.15, 0.2) is 11.5 Å². The van der Waals surface area contributed by atoms with Crippen LogP contribution in [0.4, 0.5) is 13.2 Å². The van der Waals surface area contributed by atoms with Gasteiger partial charge in [-0.2, -0.15) is 13.2 Å². The van der Waals surface area contributed by atoms with E-state index in [4.69, 9.17) is 0 Å². The Bertz CT molecular complexity index is 440. The number of halogens is 3. The fraction of sp³-hybridized carbons (Fsp3) is 0.500. The van der Waals surface area contributed by atoms with E-state index in [1.807, 2.05) is 0 Å². The normalized spacial score (nSPS) is 17.9. The predicted octanol–water partition coefficient (Wildman–Crippen LogP) is 2.58. The Kier molecular flexibility index (Phi) is 3.38. The molecule has 1 saturated heterocycles. The molecular formula is C12H14F3NO2. The Morgan fingerprint density at radius 2 is 1.61 bits per heavy atom. The first-order chi connectivity index (χ1) is 8.39. The van der Waals surface area contributed by atoms with Crippen molar-refractivity contribution in [2.75, 3.05) is 13.1 Å². The zero-order chi connectivity index (χ0) is 13.3. The molecule has 1 aromatic rings. The SMILES string of the molecule is Oc1cc(C2CCNCC2)c(C(F)(F)F)cc1O. The molecule has 0 aliphatic carbocycles. The van der Waals surface area contributed by atoms with E-state index in [1.165, 1.54) is 0 Å². The summed E-state index contributed by atoms with van der Waals surface area (Å²) in [5, 5.41) is 21.7. The fourth-order valence-electron chi connectivity index (χ4n) is 2.31. The van der Waals surface area contributed by atoms with Gasteiger partial charge in [0.05, 0.1) is 5.56 Å². The van der Waals surface area contributed by atoms with Crippen LogP contribution in [0.5, 0.6) is 11.5 Å². The molecule has 2 rings (SSSR count). The molecule has 0 radical (unpaired) electrons. The van der Waals surface area contributed by atoms with Crippen molar-refractivity contribution in [1.29, 1.82) is 0 Å². The Balaban J connectivity index is 2.46. The minimum absolute atomic E-state index is 0.0688. The molecular weight excluding hydrogens is 247 g/mol. The van der Waals surface area contributed by atoms with Crippen molar-refractivity contribution >= 4 is 0 Å². The van der Waals surface area contributed by atoms with Gasteiger partial charge < -0.3 is 15.5 Å². The fourth-order valence-corrected chi connectivity index (χ4v) is 2.31. The van der Waals surface area contributed by atoms with Crippen molar-refractivity contribution in [3.63, 3.8) is 0 Å². The van der Waals surface area contributed by atoms with Gasteiger partial charge in [-0.25, -0.2) is 0 Å². The number of hydrogen-bond acceptors (Lipinski definition) is 3. The van der Waals surface area contributed by atoms with Crippen LogP contribution >= 0.6 is 0 Å². The molecule has 1 fully saturated rings. The van der Waals surface area contributed by atoms with Crippen LogP contribution in [0.15, 0.2) is 12.1 Å². The van der Waals surface area contributed by atoms with Gasteiger partial charge in [0.1, 0.15) is 0 Å². The Morgan fingerprint density at radius 3 is 2.17 bits per heavy atom. The highest BCUT2D eigenvalue weighted by Gasteiger charge is 2.36. The zero-order valence-electron chi connectivity index (χ0n) is 9.59. The van der Waals surface area contributed by atoms with Crippen LogP contribution in [-0.4, -0.2) is 23.3 Å². The van der Waals surface area contributed by atoms with Crippen LogP contribution in [0.3, 0.4) is 0 Å². The first kappa shape index (κ1) is 13.0. The number of benzene rings is 1. The number of rotatable bonds is 1. The topological polar surface area (TPSA) is 52.5 Å². The van der Waals surface area contributed by atoms with E-state index in [-0.39, 0.29) is 11.5 Å². The summed E-state index contributed by atoms with van der Waals surface area (Å²) in [6, 6.07) is 1.64. The molecule has 1 aromatic carbocycles. The predicted molar refractivity (Wildman–Crippen MR) is 59.6 cm³/mol. The maximum absolute atomic E-state index is 12.9. The van der Waals surface area contributed by atoms with Crippen molar-refractivity contribution < 1.29 is 23.4 Å². The maximum atomic E-state index is 12.9. The number of phenolic OH excluding ortho intramolecular Hbond substituents is 2. The summed E-state index contributed by atoms with van der Waals surface area (Å²) in [6.45, 7) is 1.31. The lowest BCUT2D eigenvalue weighted by Gasteiger charge is -2.26. The van der Waals surface area contributed by atoms with E-state index in [2.05, 4.69) is 5.32 Å². The standard InChI is InChI=1S/C12H14F3NO2/c13-12(14,15)9-6-11(18)10(17)5-8(9)7-1-3-16-4-2-7/h5-7,16-18H,1-4H2. The number of hydrogen-bond donors (Lipinski definition) is 3. The van der Waals surface area contributed by atoms with E-state index in [9.17, 15) is 23.4 Å². The number of alkyl halides is 3. The van der Waals surface area contributed by atoms with Gasteiger partial charge in [-0.3, -0.25) is 0 Å². The molecule has 3 N–H and O–H groups in total. The van der Waals surface area contributed by atoms with Gasteiger partial charge in [0.25, 0.3) is 0 Å². The van der Waals surface area contributed by atoms with E-state index in [1.54, 1.807) is 0 Å². The first-order valence-corrected chi connectivity index (χ1v) is 5.73. The lowest BCUT2D eigenvalue weighted by atomic mass is 9.86. The lowest BCUT2D eigenvalue weighted by molar-refractivity contribution is -0.138. The Hall–Kier alpha value is -1.43. The van der Waals surface area contributed by atoms with Crippen LogP contribution < -0.4 is 5.32 Å². The summed E-state index contributed by atoms with van der Waals surface area (Å²) in [6.07, 6.45) is -3.34. The van der Waals surface area contributed by atoms with Crippen molar-refractivity contribution in [1.82, 2.24) is 5.32 Å². The Morgan fingerprint density at radius 1 is 1.06 bits per heavy atom. The Labute approximate surface area is 102 Å². The number of piperidine rings is 1. The lowest BCUT2D eigenvalue weighted by Crippen LogP contribution is -2.27. The molecule has 0 bridgehead atoms. The van der Waals surface area contributed by atoms with Crippen molar-refractivity contribution in [2.24, 2.45) is 0 Å². The van der Waals surface area contributed by atoms with E-state index < -0.39 is 23.2 Å². The van der Waals surface area contributed by atoms with Gasteiger partial charge in [-0.05, 0) is 49.5 Å². The largest absolute Gasteiger partial charge is 0.504 e. The zero-order valence-corrected chi connectivity index (χ0v) is 9.59. The number of phenols is 2. The molecule has 0 atom stereocenters. The van der Waals surface area contributed by atoms with Crippen molar-refractivity contribution in [3.05, 3.63) is 23.3 Å². The third-order valence-electron chi connectivity index (χ3n) is 3.23. The summed E-state index contributed by atoms with van der Waals surface area (Å²) in [4.78, 5) is 0. The molecule has 18 heavy (non-hydrogen) atoms. The molecule has 1 aliphatic heterocycles. The maximum Gasteiger partial charge on any atom is 0.416 e. The highest BCUT2D eigenvalue weighted by atomic mass is 19.4. The first-order valence-electron chi connectivity index (χ1n) is 5.73. The number of nitrogens with one attached hydrogen (secondary N) is 1. The van der Waals surface area contributed by atoms with Crippen LogP contribution in [0, 0.1) is 0 Å². The molecule has 100 valence electrons. The average Bonchev–Trinajstić information content (AvgIpc) is 2.32. The van der Waals surface area contributed by atoms with E-state index in [0.717, 1.165) is 6.07 Å². The van der Waals surface area contributed by atoms with Crippen LogP contribution in [-0.2, 0) is 6.18 Å². The minimum atomic E-state index is -4.52. The highest BCUT2D eigenvalue weighted by molar-refractivity contribution is 5.48. The second kappa shape index (κ2) is 4.68. The molecule has 6 heteroatoms. The number of aromatic hydroxyl groups is 2. The summed E-state index contributed by atoms with van der Waals surface area (Å²) in [5.41, 5.74) is -0.788. The van der Waals surface area contributed by atoms with Gasteiger partial charge >= 0.3 is 6.18 Å². The van der Waals surface area contributed by atoms with Crippen molar-refractivity contribution in [3.8, 4) is 11.5 Å². The minimum Gasteiger partial charge on any atom is -0.504 e. The molecule has 3 nitrogen and oxygen atoms in total. The third kappa shape index (κ3) is 2.53. The highest BCUT2D eigenvalue weighted by Crippen LogP contribution is 2.42. The van der Waals surface area contributed by atoms with Gasteiger partial charge in [0.2, 0.25) is 0 Å². The van der Waals surface area contributed by atoms with Gasteiger partial charge in [-0.1, -0.05) is 0 Å². The van der Waals surface area contributed by atoms with Crippen molar-refractivity contribution in [2.45, 2.75) is 24.9 Å². The summed E-state index contributed by atoms with van der Waals surface area (Å²) >= 11 is 0.